The Morgan fingerprint density at radius 3 is 2.94 bits per heavy atom. The van der Waals surface area contributed by atoms with E-state index >= 15 is 0 Å². The molecule has 0 radical (unpaired) electrons. The van der Waals surface area contributed by atoms with Gasteiger partial charge < -0.3 is 26.2 Å². The van der Waals surface area contributed by atoms with Gasteiger partial charge in [-0.05, 0) is 56.6 Å². The van der Waals surface area contributed by atoms with Crippen LogP contribution in [-0.4, -0.2) is 47.5 Å². The number of nitrogen functional groups attached to an aromatic ring is 1. The van der Waals surface area contributed by atoms with Gasteiger partial charge in [-0.1, -0.05) is 6.92 Å². The first-order valence-electron chi connectivity index (χ1n) is 10.9. The smallest absolute Gasteiger partial charge is 0.142 e. The molecule has 0 bridgehead atoms. The van der Waals surface area contributed by atoms with Crippen molar-refractivity contribution in [2.24, 2.45) is 5.92 Å². The number of fused-ring (bicyclic) bond motifs is 3. The van der Waals surface area contributed by atoms with Crippen molar-refractivity contribution in [3.63, 3.8) is 0 Å². The molecule has 2 heterocycles. The van der Waals surface area contributed by atoms with Crippen LogP contribution in [0.3, 0.4) is 0 Å². The van der Waals surface area contributed by atoms with E-state index in [9.17, 15) is 4.79 Å². The van der Waals surface area contributed by atoms with Crippen LogP contribution in [-0.2, 0) is 17.6 Å². The Bertz CT molecular complexity index is 1170. The predicted octanol–water partition coefficient (Wildman–Crippen LogP) is 4.17. The fourth-order valence-electron chi connectivity index (χ4n) is 3.66. The van der Waals surface area contributed by atoms with Crippen LogP contribution in [0.4, 0.5) is 17.2 Å². The number of nitrogens with zero attached hydrogens (tertiary/aromatic N) is 4. The van der Waals surface area contributed by atoms with Gasteiger partial charge in [0.2, 0.25) is 0 Å². The minimum absolute atomic E-state index is 0.108. The molecule has 1 aromatic carbocycles. The first kappa shape index (κ1) is 24.3. The van der Waals surface area contributed by atoms with Gasteiger partial charge in [-0.3, -0.25) is 0 Å². The molecule has 3 aromatic rings. The van der Waals surface area contributed by atoms with Gasteiger partial charge in [-0.15, -0.1) is 11.3 Å². The highest BCUT2D eigenvalue weighted by atomic mass is 32.1. The number of aldehydes is 1. The molecule has 0 spiro atoms. The van der Waals surface area contributed by atoms with Crippen molar-refractivity contribution in [1.29, 1.82) is 10.7 Å². The molecule has 9 heteroatoms. The molecule has 172 valence electrons. The van der Waals surface area contributed by atoms with Crippen molar-refractivity contribution in [3.8, 4) is 6.07 Å². The minimum Gasteiger partial charge on any atom is -0.398 e. The van der Waals surface area contributed by atoms with Crippen LogP contribution in [0.15, 0.2) is 24.5 Å². The molecule has 0 amide bonds. The zero-order valence-corrected chi connectivity index (χ0v) is 19.8. The zero-order valence-electron chi connectivity index (χ0n) is 19.0. The third kappa shape index (κ3) is 5.92. The van der Waals surface area contributed by atoms with E-state index < -0.39 is 0 Å². The Hall–Kier alpha value is -3.35. The van der Waals surface area contributed by atoms with E-state index in [2.05, 4.69) is 33.2 Å². The number of nitriles is 1. The van der Waals surface area contributed by atoms with Gasteiger partial charge in [0.05, 0.1) is 11.5 Å². The molecule has 2 aromatic heterocycles. The lowest BCUT2D eigenvalue weighted by Gasteiger charge is -2.17. The number of aryl methyl sites for hydroxylation is 1. The second-order valence-corrected chi connectivity index (χ2v) is 9.05. The van der Waals surface area contributed by atoms with E-state index in [-0.39, 0.29) is 5.92 Å². The molecule has 0 aliphatic heterocycles. The summed E-state index contributed by atoms with van der Waals surface area (Å²) in [6.45, 7) is 4.01. The molecule has 1 atom stereocenters. The molecule has 1 aliphatic rings. The zero-order chi connectivity index (χ0) is 23.8. The Kier molecular flexibility index (Phi) is 8.46. The molecule has 1 unspecified atom stereocenters. The molecule has 33 heavy (non-hydrogen) atoms. The molecular formula is C24H29N7OS. The van der Waals surface area contributed by atoms with Crippen LogP contribution in [0.25, 0.3) is 10.2 Å². The summed E-state index contributed by atoms with van der Waals surface area (Å²) >= 11 is 1.65. The number of aromatic nitrogens is 2. The van der Waals surface area contributed by atoms with Crippen LogP contribution in [0.1, 0.15) is 35.8 Å². The van der Waals surface area contributed by atoms with E-state index in [4.69, 9.17) is 16.4 Å². The molecule has 0 saturated heterocycles. The van der Waals surface area contributed by atoms with Crippen LogP contribution in [0.5, 0.6) is 0 Å². The van der Waals surface area contributed by atoms with E-state index in [1.54, 1.807) is 23.7 Å². The Morgan fingerprint density at radius 2 is 2.24 bits per heavy atom. The number of anilines is 3. The summed E-state index contributed by atoms with van der Waals surface area (Å²) in [5.41, 5.74) is 9.17. The van der Waals surface area contributed by atoms with Crippen LogP contribution >= 0.6 is 11.3 Å². The van der Waals surface area contributed by atoms with Crippen molar-refractivity contribution in [2.45, 2.75) is 32.6 Å². The van der Waals surface area contributed by atoms with Crippen molar-refractivity contribution < 1.29 is 4.79 Å². The molecule has 4 N–H and O–H groups in total. The standard InChI is InChI=1S/C18H17N5OS.C6H12N2/c19-7-11-6-12(2-4-14(11)20)23-17-16-13-3-1-10(8-24)5-15(13)25-18(16)22-9-21-17;1-3-8(2)6-4-5-7/h2,4,6-10,19H,1,3,5,20H2,(H,21,22,23);3-4,6H2,1-2H3. The number of carbonyl (C=O) groups is 1. The van der Waals surface area contributed by atoms with Crippen molar-refractivity contribution in [1.82, 2.24) is 14.9 Å². The van der Waals surface area contributed by atoms with Gasteiger partial charge in [-0.2, -0.15) is 5.26 Å². The van der Waals surface area contributed by atoms with Crippen LogP contribution in [0.2, 0.25) is 0 Å². The third-order valence-corrected chi connectivity index (χ3v) is 6.89. The number of carbonyl (C=O) groups excluding carboxylic acids is 1. The predicted molar refractivity (Wildman–Crippen MR) is 134 cm³/mol. The summed E-state index contributed by atoms with van der Waals surface area (Å²) in [5.74, 6) is 0.866. The highest BCUT2D eigenvalue weighted by Gasteiger charge is 2.24. The summed E-state index contributed by atoms with van der Waals surface area (Å²) in [5, 5.41) is 20.0. The normalized spacial score (nSPS) is 14.7. The Labute approximate surface area is 198 Å². The highest BCUT2D eigenvalue weighted by molar-refractivity contribution is 7.19. The topological polar surface area (TPSA) is 132 Å². The van der Waals surface area contributed by atoms with E-state index in [0.29, 0.717) is 17.7 Å². The second-order valence-electron chi connectivity index (χ2n) is 7.96. The molecule has 1 aliphatic carbocycles. The maximum Gasteiger partial charge on any atom is 0.142 e. The van der Waals surface area contributed by atoms with Crippen molar-refractivity contribution in [2.75, 3.05) is 31.2 Å². The van der Waals surface area contributed by atoms with E-state index in [1.807, 2.05) is 19.2 Å². The fourth-order valence-corrected chi connectivity index (χ4v) is 4.94. The summed E-state index contributed by atoms with van der Waals surface area (Å²) < 4.78 is 0. The maximum absolute atomic E-state index is 11.1. The minimum atomic E-state index is 0.108. The third-order valence-electron chi connectivity index (χ3n) is 5.73. The summed E-state index contributed by atoms with van der Waals surface area (Å²) in [6, 6.07) is 7.57. The quantitative estimate of drug-likeness (QED) is 0.272. The molecular weight excluding hydrogens is 434 g/mol. The molecule has 0 saturated carbocycles. The first-order chi connectivity index (χ1) is 16.0. The SMILES string of the molecule is CCN(C)CCC#N.N=Cc1cc(Nc2ncnc3sc4c(c23)CCC(C=O)C4)ccc1N. The van der Waals surface area contributed by atoms with E-state index in [0.717, 1.165) is 60.4 Å². The lowest BCUT2D eigenvalue weighted by atomic mass is 9.89. The van der Waals surface area contributed by atoms with Crippen molar-refractivity contribution >= 4 is 51.2 Å². The Balaban J connectivity index is 0.000000331. The highest BCUT2D eigenvalue weighted by Crippen LogP contribution is 2.40. The number of thiophene rings is 1. The number of benzene rings is 1. The lowest BCUT2D eigenvalue weighted by molar-refractivity contribution is -0.111. The van der Waals surface area contributed by atoms with Crippen molar-refractivity contribution in [3.05, 3.63) is 40.5 Å². The monoisotopic (exact) mass is 463 g/mol. The van der Waals surface area contributed by atoms with Gasteiger partial charge in [0.1, 0.15) is 23.3 Å². The largest absolute Gasteiger partial charge is 0.398 e. The van der Waals surface area contributed by atoms with Gasteiger partial charge in [0.15, 0.2) is 0 Å². The van der Waals surface area contributed by atoms with Gasteiger partial charge >= 0.3 is 0 Å². The first-order valence-corrected chi connectivity index (χ1v) is 11.7. The number of nitrogens with two attached hydrogens (primary N) is 1. The summed E-state index contributed by atoms with van der Waals surface area (Å²) in [7, 11) is 2.01. The van der Waals surface area contributed by atoms with E-state index in [1.165, 1.54) is 16.7 Å². The Morgan fingerprint density at radius 1 is 1.42 bits per heavy atom. The number of rotatable bonds is 7. The van der Waals surface area contributed by atoms with Crippen LogP contribution in [0, 0.1) is 22.7 Å². The average Bonchev–Trinajstić information content (AvgIpc) is 3.22. The average molecular weight is 464 g/mol. The van der Waals surface area contributed by atoms with Gasteiger partial charge in [0, 0.05) is 46.9 Å². The molecule has 4 rings (SSSR count). The molecule has 8 nitrogen and oxygen atoms in total. The lowest BCUT2D eigenvalue weighted by Crippen LogP contribution is -2.18. The number of hydrogen-bond acceptors (Lipinski definition) is 9. The fraction of sp³-hybridized carbons (Fsp3) is 0.375. The summed E-state index contributed by atoms with van der Waals surface area (Å²) in [6.07, 6.45) is 7.03. The number of hydrogen-bond donors (Lipinski definition) is 3. The molecule has 0 fully saturated rings. The second kappa shape index (κ2) is 11.5. The maximum atomic E-state index is 11.1. The van der Waals surface area contributed by atoms with Crippen LogP contribution < -0.4 is 11.1 Å². The summed E-state index contributed by atoms with van der Waals surface area (Å²) in [4.78, 5) is 24.2. The number of nitrogens with one attached hydrogen (secondary N) is 2. The van der Waals surface area contributed by atoms with Gasteiger partial charge in [0.25, 0.3) is 0 Å². The van der Waals surface area contributed by atoms with Gasteiger partial charge in [-0.25, -0.2) is 9.97 Å².